The summed E-state index contributed by atoms with van der Waals surface area (Å²) in [7, 11) is -3.43. The first-order valence-corrected chi connectivity index (χ1v) is 10.6. The number of hydrogen-bond donors (Lipinski definition) is 1. The zero-order chi connectivity index (χ0) is 18.8. The standard InChI is InChI=1S/C20H26N2O3S/c1-26(24,25)22(16-14-19-11-6-3-7-12-19)17-20(23)21-15-8-13-18-9-4-2-5-10-18/h2-7,9-12H,8,13-17H2,1H3,(H,21,23). The predicted octanol–water partition coefficient (Wildman–Crippen LogP) is 2.24. The van der Waals surface area contributed by atoms with Crippen LogP contribution in [0.2, 0.25) is 0 Å². The fourth-order valence-electron chi connectivity index (χ4n) is 2.64. The van der Waals surface area contributed by atoms with Gasteiger partial charge in [0.1, 0.15) is 0 Å². The third-order valence-electron chi connectivity index (χ3n) is 4.09. The van der Waals surface area contributed by atoms with Crippen molar-refractivity contribution < 1.29 is 13.2 Å². The van der Waals surface area contributed by atoms with E-state index in [2.05, 4.69) is 17.4 Å². The molecule has 5 nitrogen and oxygen atoms in total. The SMILES string of the molecule is CS(=O)(=O)N(CCc1ccccc1)CC(=O)NCCCc1ccccc1. The summed E-state index contributed by atoms with van der Waals surface area (Å²) in [6, 6.07) is 19.7. The monoisotopic (exact) mass is 374 g/mol. The first kappa shape index (κ1) is 20.1. The van der Waals surface area contributed by atoms with E-state index < -0.39 is 10.0 Å². The Bertz CT molecular complexity index is 777. The molecular formula is C20H26N2O3S. The first-order chi connectivity index (χ1) is 12.4. The van der Waals surface area contributed by atoms with Gasteiger partial charge in [-0.1, -0.05) is 60.7 Å². The Morgan fingerprint density at radius 2 is 1.46 bits per heavy atom. The number of rotatable bonds is 10. The molecule has 0 saturated heterocycles. The Balaban J connectivity index is 1.77. The zero-order valence-electron chi connectivity index (χ0n) is 15.1. The van der Waals surface area contributed by atoms with Crippen molar-refractivity contribution in [3.63, 3.8) is 0 Å². The van der Waals surface area contributed by atoms with Crippen LogP contribution in [0.5, 0.6) is 0 Å². The lowest BCUT2D eigenvalue weighted by Crippen LogP contribution is -2.41. The molecule has 140 valence electrons. The van der Waals surface area contributed by atoms with E-state index in [1.165, 1.54) is 9.87 Å². The van der Waals surface area contributed by atoms with Gasteiger partial charge in [0.2, 0.25) is 15.9 Å². The molecule has 0 aliphatic heterocycles. The van der Waals surface area contributed by atoms with Gasteiger partial charge in [-0.15, -0.1) is 0 Å². The van der Waals surface area contributed by atoms with Gasteiger partial charge in [-0.3, -0.25) is 4.79 Å². The summed E-state index contributed by atoms with van der Waals surface area (Å²) >= 11 is 0. The molecule has 2 rings (SSSR count). The fourth-order valence-corrected chi connectivity index (χ4v) is 3.42. The van der Waals surface area contributed by atoms with Crippen molar-refractivity contribution in [2.75, 3.05) is 25.9 Å². The molecule has 0 bridgehead atoms. The van der Waals surface area contributed by atoms with Gasteiger partial charge in [0.25, 0.3) is 0 Å². The second-order valence-electron chi connectivity index (χ2n) is 6.27. The minimum Gasteiger partial charge on any atom is -0.355 e. The largest absolute Gasteiger partial charge is 0.355 e. The fraction of sp³-hybridized carbons (Fsp3) is 0.350. The second-order valence-corrected chi connectivity index (χ2v) is 8.25. The highest BCUT2D eigenvalue weighted by molar-refractivity contribution is 7.88. The minimum atomic E-state index is -3.43. The number of benzene rings is 2. The van der Waals surface area contributed by atoms with Crippen molar-refractivity contribution >= 4 is 15.9 Å². The molecule has 0 fully saturated rings. The van der Waals surface area contributed by atoms with Crippen LogP contribution in [-0.2, 0) is 27.7 Å². The molecule has 0 atom stereocenters. The van der Waals surface area contributed by atoms with Gasteiger partial charge in [-0.2, -0.15) is 4.31 Å². The van der Waals surface area contributed by atoms with Crippen molar-refractivity contribution in [2.45, 2.75) is 19.3 Å². The number of carbonyl (C=O) groups excluding carboxylic acids is 1. The normalized spacial score (nSPS) is 11.5. The molecule has 2 aromatic carbocycles. The summed E-state index contributed by atoms with van der Waals surface area (Å²) in [6.07, 6.45) is 3.42. The highest BCUT2D eigenvalue weighted by Crippen LogP contribution is 2.05. The van der Waals surface area contributed by atoms with E-state index in [1.54, 1.807) is 0 Å². The maximum atomic E-state index is 12.1. The number of nitrogens with one attached hydrogen (secondary N) is 1. The van der Waals surface area contributed by atoms with Crippen LogP contribution in [0.1, 0.15) is 17.5 Å². The van der Waals surface area contributed by atoms with Crippen molar-refractivity contribution in [1.82, 2.24) is 9.62 Å². The van der Waals surface area contributed by atoms with E-state index in [0.717, 1.165) is 24.7 Å². The number of aryl methyl sites for hydroxylation is 1. The number of sulfonamides is 1. The lowest BCUT2D eigenvalue weighted by atomic mass is 10.1. The van der Waals surface area contributed by atoms with Crippen molar-refractivity contribution in [3.8, 4) is 0 Å². The Hall–Kier alpha value is -2.18. The summed E-state index contributed by atoms with van der Waals surface area (Å²) in [5, 5.41) is 2.81. The average Bonchev–Trinajstić information content (AvgIpc) is 2.63. The van der Waals surface area contributed by atoms with E-state index in [9.17, 15) is 13.2 Å². The predicted molar refractivity (Wildman–Crippen MR) is 104 cm³/mol. The molecule has 0 heterocycles. The molecule has 1 amide bonds. The van der Waals surface area contributed by atoms with E-state index in [0.29, 0.717) is 19.5 Å². The summed E-state index contributed by atoms with van der Waals surface area (Å²) < 4.78 is 25.1. The van der Waals surface area contributed by atoms with Crippen LogP contribution < -0.4 is 5.32 Å². The third kappa shape index (κ3) is 7.37. The Labute approximate surface area is 156 Å². The molecule has 1 N–H and O–H groups in total. The van der Waals surface area contributed by atoms with Crippen molar-refractivity contribution in [1.29, 1.82) is 0 Å². The molecule has 0 aromatic heterocycles. The van der Waals surface area contributed by atoms with Crippen LogP contribution in [0.25, 0.3) is 0 Å². The van der Waals surface area contributed by atoms with Gasteiger partial charge in [0, 0.05) is 13.1 Å². The quantitative estimate of drug-likeness (QED) is 0.649. The molecule has 0 unspecified atom stereocenters. The first-order valence-electron chi connectivity index (χ1n) is 8.75. The highest BCUT2D eigenvalue weighted by Gasteiger charge is 2.19. The lowest BCUT2D eigenvalue weighted by molar-refractivity contribution is -0.121. The topological polar surface area (TPSA) is 66.5 Å². The Kier molecular flexibility index (Phi) is 7.81. The van der Waals surface area contributed by atoms with Crippen molar-refractivity contribution in [3.05, 3.63) is 71.8 Å². The van der Waals surface area contributed by atoms with Crippen molar-refractivity contribution in [2.24, 2.45) is 0 Å². The van der Waals surface area contributed by atoms with Gasteiger partial charge in [0.05, 0.1) is 12.8 Å². The maximum absolute atomic E-state index is 12.1. The average molecular weight is 375 g/mol. The van der Waals surface area contributed by atoms with E-state index in [4.69, 9.17) is 0 Å². The molecule has 26 heavy (non-hydrogen) atoms. The zero-order valence-corrected chi connectivity index (χ0v) is 15.9. The molecule has 0 aliphatic rings. The molecular weight excluding hydrogens is 348 g/mol. The number of nitrogens with zero attached hydrogens (tertiary/aromatic N) is 1. The van der Waals surface area contributed by atoms with Crippen LogP contribution >= 0.6 is 0 Å². The van der Waals surface area contributed by atoms with Crippen LogP contribution in [0, 0.1) is 0 Å². The van der Waals surface area contributed by atoms with Gasteiger partial charge in [-0.05, 0) is 30.4 Å². The molecule has 0 spiro atoms. The molecule has 2 aromatic rings. The van der Waals surface area contributed by atoms with Gasteiger partial charge < -0.3 is 5.32 Å². The van der Waals surface area contributed by atoms with Crippen LogP contribution in [0.4, 0.5) is 0 Å². The summed E-state index contributed by atoms with van der Waals surface area (Å²) in [6.45, 7) is 0.682. The molecule has 6 heteroatoms. The number of amides is 1. The minimum absolute atomic E-state index is 0.142. The number of hydrogen-bond acceptors (Lipinski definition) is 3. The Morgan fingerprint density at radius 1 is 0.923 bits per heavy atom. The van der Waals surface area contributed by atoms with E-state index in [1.807, 2.05) is 48.5 Å². The van der Waals surface area contributed by atoms with Gasteiger partial charge in [0.15, 0.2) is 0 Å². The molecule has 0 aliphatic carbocycles. The van der Waals surface area contributed by atoms with Crippen LogP contribution in [0.3, 0.4) is 0 Å². The second kappa shape index (κ2) is 10.1. The smallest absolute Gasteiger partial charge is 0.235 e. The highest BCUT2D eigenvalue weighted by atomic mass is 32.2. The summed E-state index contributed by atoms with van der Waals surface area (Å²) in [4.78, 5) is 12.1. The van der Waals surface area contributed by atoms with Gasteiger partial charge in [-0.25, -0.2) is 8.42 Å². The summed E-state index contributed by atoms with van der Waals surface area (Å²) in [5.41, 5.74) is 2.27. The van der Waals surface area contributed by atoms with Crippen LogP contribution in [0.15, 0.2) is 60.7 Å². The van der Waals surface area contributed by atoms with Crippen LogP contribution in [-0.4, -0.2) is 44.5 Å². The van der Waals surface area contributed by atoms with Gasteiger partial charge >= 0.3 is 0 Å². The third-order valence-corrected chi connectivity index (χ3v) is 5.34. The molecule has 0 radical (unpaired) electrons. The molecule has 0 saturated carbocycles. The van der Waals surface area contributed by atoms with E-state index >= 15 is 0 Å². The van der Waals surface area contributed by atoms with E-state index in [-0.39, 0.29) is 12.5 Å². The summed E-state index contributed by atoms with van der Waals surface area (Å²) in [5.74, 6) is -0.267. The lowest BCUT2D eigenvalue weighted by Gasteiger charge is -2.19. The maximum Gasteiger partial charge on any atom is 0.235 e. The Morgan fingerprint density at radius 3 is 2.00 bits per heavy atom. The number of carbonyl (C=O) groups is 1.